The first-order chi connectivity index (χ1) is 20.3. The van der Waals surface area contributed by atoms with Crippen molar-refractivity contribution in [1.82, 2.24) is 20.3 Å². The van der Waals surface area contributed by atoms with Gasteiger partial charge in [-0.2, -0.15) is 5.26 Å². The third-order valence-electron chi connectivity index (χ3n) is 8.32. The van der Waals surface area contributed by atoms with Gasteiger partial charge in [0, 0.05) is 31.8 Å². The quantitative estimate of drug-likeness (QED) is 0.273. The summed E-state index contributed by atoms with van der Waals surface area (Å²) in [5, 5.41) is 43.7. The zero-order chi connectivity index (χ0) is 29.8. The zero-order valence-corrected chi connectivity index (χ0v) is 24.2. The lowest BCUT2D eigenvalue weighted by molar-refractivity contribution is -0.272. The number of aliphatic hydroxyl groups is 2. The van der Waals surface area contributed by atoms with Crippen LogP contribution >= 0.6 is 0 Å². The number of anilines is 1. The highest BCUT2D eigenvalue weighted by Crippen LogP contribution is 2.29. The fraction of sp³-hybridized carbons (Fsp3) is 0.484. The van der Waals surface area contributed by atoms with Gasteiger partial charge in [0.2, 0.25) is 0 Å². The molecule has 5 rings (SSSR count). The Balaban J connectivity index is 1.23. The van der Waals surface area contributed by atoms with Gasteiger partial charge in [0.15, 0.2) is 6.29 Å². The van der Waals surface area contributed by atoms with Gasteiger partial charge in [-0.3, -0.25) is 4.79 Å². The highest BCUT2D eigenvalue weighted by Gasteiger charge is 2.42. The lowest BCUT2D eigenvalue weighted by Gasteiger charge is -2.40. The average molecular weight is 575 g/mol. The number of hydrogen-bond acceptors (Lipinski definition) is 9. The standard InChI is InChI=1S/C31H38N6O5/c1-19(21-7-8-23-14-25(10-9-22(23)13-21)36-11-5-4-6-12-36)26(15-32)30(40)33-16-24-17-37(35-34-24)18-27-29(39)28(38)20(2)31(41-3)42-27/h7-10,13-14,17,20,27-29,31,38-39H,4-6,11-12,16,18H2,1-3H3,(H,33,40)/b26-19+. The summed E-state index contributed by atoms with van der Waals surface area (Å²) in [5.74, 6) is -0.892. The van der Waals surface area contributed by atoms with Gasteiger partial charge in [-0.1, -0.05) is 30.3 Å². The minimum atomic E-state index is -1.11. The third kappa shape index (κ3) is 6.32. The summed E-state index contributed by atoms with van der Waals surface area (Å²) in [6, 6.07) is 14.5. The Hall–Kier alpha value is -3.82. The number of carbonyl (C=O) groups excluding carboxylic acids is 1. The number of aliphatic hydroxyl groups excluding tert-OH is 2. The van der Waals surface area contributed by atoms with Crippen molar-refractivity contribution >= 4 is 27.9 Å². The summed E-state index contributed by atoms with van der Waals surface area (Å²) < 4.78 is 12.5. The van der Waals surface area contributed by atoms with Gasteiger partial charge in [-0.25, -0.2) is 4.68 Å². The summed E-state index contributed by atoms with van der Waals surface area (Å²) in [6.45, 7) is 5.87. The summed E-state index contributed by atoms with van der Waals surface area (Å²) >= 11 is 0. The van der Waals surface area contributed by atoms with Crippen LogP contribution in [-0.4, -0.2) is 75.9 Å². The van der Waals surface area contributed by atoms with E-state index in [1.807, 2.05) is 18.2 Å². The van der Waals surface area contributed by atoms with Crippen LogP contribution in [0.25, 0.3) is 16.3 Å². The zero-order valence-electron chi connectivity index (χ0n) is 24.2. The van der Waals surface area contributed by atoms with Gasteiger partial charge in [0.25, 0.3) is 5.91 Å². The van der Waals surface area contributed by atoms with E-state index >= 15 is 0 Å². The summed E-state index contributed by atoms with van der Waals surface area (Å²) in [4.78, 5) is 15.4. The molecule has 1 aromatic heterocycles. The van der Waals surface area contributed by atoms with E-state index in [0.717, 1.165) is 29.4 Å². The van der Waals surface area contributed by atoms with Crippen molar-refractivity contribution in [3.63, 3.8) is 0 Å². The highest BCUT2D eigenvalue weighted by molar-refractivity contribution is 6.05. The number of fused-ring (bicyclic) bond motifs is 1. The number of hydrogen-bond donors (Lipinski definition) is 3. The molecule has 3 aromatic rings. The van der Waals surface area contributed by atoms with Crippen molar-refractivity contribution in [2.75, 3.05) is 25.1 Å². The second kappa shape index (κ2) is 13.0. The number of carbonyl (C=O) groups is 1. The molecule has 0 aliphatic carbocycles. The lowest BCUT2D eigenvalue weighted by atomic mass is 9.92. The monoisotopic (exact) mass is 574 g/mol. The number of nitriles is 1. The van der Waals surface area contributed by atoms with Gasteiger partial charge < -0.3 is 29.9 Å². The van der Waals surface area contributed by atoms with Crippen LogP contribution in [0.1, 0.15) is 44.4 Å². The Kier molecular flexibility index (Phi) is 9.18. The number of nitrogens with zero attached hydrogens (tertiary/aromatic N) is 5. The van der Waals surface area contributed by atoms with E-state index in [1.54, 1.807) is 20.0 Å². The van der Waals surface area contributed by atoms with Crippen LogP contribution in [0.15, 0.2) is 48.2 Å². The van der Waals surface area contributed by atoms with Crippen LogP contribution in [0.2, 0.25) is 0 Å². The predicted octanol–water partition coefficient (Wildman–Crippen LogP) is 2.76. The Morgan fingerprint density at radius 1 is 1.14 bits per heavy atom. The van der Waals surface area contributed by atoms with Crippen LogP contribution in [0.5, 0.6) is 0 Å². The number of methoxy groups -OCH3 is 1. The minimum absolute atomic E-state index is 0.0270. The topological polar surface area (TPSA) is 146 Å². The molecule has 11 heteroatoms. The molecule has 2 aromatic carbocycles. The fourth-order valence-electron chi connectivity index (χ4n) is 5.71. The largest absolute Gasteiger partial charge is 0.390 e. The molecule has 0 spiro atoms. The molecule has 5 atom stereocenters. The molecule has 3 N–H and O–H groups in total. The van der Waals surface area contributed by atoms with Crippen molar-refractivity contribution in [3.05, 3.63) is 59.4 Å². The Bertz CT molecular complexity index is 1490. The second-order valence-corrected chi connectivity index (χ2v) is 11.1. The Morgan fingerprint density at radius 3 is 2.62 bits per heavy atom. The number of benzene rings is 2. The number of ether oxygens (including phenoxy) is 2. The maximum absolute atomic E-state index is 13.0. The second-order valence-electron chi connectivity index (χ2n) is 11.1. The van der Waals surface area contributed by atoms with Gasteiger partial charge in [-0.05, 0) is 66.3 Å². The van der Waals surface area contributed by atoms with E-state index in [1.165, 1.54) is 36.7 Å². The van der Waals surface area contributed by atoms with Crippen molar-refractivity contribution in [1.29, 1.82) is 5.26 Å². The molecule has 0 bridgehead atoms. The van der Waals surface area contributed by atoms with E-state index in [0.29, 0.717) is 11.3 Å². The van der Waals surface area contributed by atoms with Crippen molar-refractivity contribution < 1.29 is 24.5 Å². The van der Waals surface area contributed by atoms with Gasteiger partial charge in [-0.15, -0.1) is 5.10 Å². The highest BCUT2D eigenvalue weighted by atomic mass is 16.7. The number of piperidine rings is 1. The first-order valence-electron chi connectivity index (χ1n) is 14.4. The third-order valence-corrected chi connectivity index (χ3v) is 8.32. The smallest absolute Gasteiger partial charge is 0.262 e. The van der Waals surface area contributed by atoms with Crippen LogP contribution in [0.3, 0.4) is 0 Å². The predicted molar refractivity (Wildman–Crippen MR) is 157 cm³/mol. The normalized spacial score (nSPS) is 25.1. The summed E-state index contributed by atoms with van der Waals surface area (Å²) in [7, 11) is 1.48. The van der Waals surface area contributed by atoms with Crippen molar-refractivity contribution in [3.8, 4) is 6.07 Å². The number of rotatable bonds is 8. The SMILES string of the molecule is COC1OC(Cn2cc(CNC(=O)/C(C#N)=C(\C)c3ccc4cc(N5CCCCC5)ccc4c3)nn2)C(O)C(O)C1C. The maximum Gasteiger partial charge on any atom is 0.262 e. The molecule has 2 saturated heterocycles. The molecule has 2 fully saturated rings. The van der Waals surface area contributed by atoms with Crippen molar-refractivity contribution in [2.45, 2.75) is 70.8 Å². The van der Waals surface area contributed by atoms with Gasteiger partial charge >= 0.3 is 0 Å². The lowest BCUT2D eigenvalue weighted by Crippen LogP contribution is -2.55. The first kappa shape index (κ1) is 29.7. The first-order valence-corrected chi connectivity index (χ1v) is 14.4. The van der Waals surface area contributed by atoms with E-state index in [4.69, 9.17) is 9.47 Å². The van der Waals surface area contributed by atoms with Crippen LogP contribution in [0, 0.1) is 17.2 Å². The van der Waals surface area contributed by atoms with Crippen LogP contribution < -0.4 is 10.2 Å². The molecular weight excluding hydrogens is 536 g/mol. The summed E-state index contributed by atoms with van der Waals surface area (Å²) in [5.41, 5.74) is 3.12. The van der Waals surface area contributed by atoms with Crippen molar-refractivity contribution in [2.24, 2.45) is 5.92 Å². The molecule has 2 aliphatic heterocycles. The molecular formula is C31H38N6O5. The summed E-state index contributed by atoms with van der Waals surface area (Å²) in [6.07, 6.45) is 1.82. The molecule has 222 valence electrons. The number of aromatic nitrogens is 3. The molecule has 11 nitrogen and oxygen atoms in total. The van der Waals surface area contributed by atoms with Gasteiger partial charge in [0.1, 0.15) is 29.5 Å². The molecule has 3 heterocycles. The Labute approximate surface area is 245 Å². The molecule has 1 amide bonds. The van der Waals surface area contributed by atoms with Crippen LogP contribution in [0.4, 0.5) is 5.69 Å². The molecule has 0 radical (unpaired) electrons. The molecule has 0 saturated carbocycles. The Morgan fingerprint density at radius 2 is 1.88 bits per heavy atom. The van der Waals surface area contributed by atoms with Crippen LogP contribution in [-0.2, 0) is 27.4 Å². The maximum atomic E-state index is 13.0. The molecule has 42 heavy (non-hydrogen) atoms. The number of allylic oxidation sites excluding steroid dienone is 1. The number of amides is 1. The molecule has 2 aliphatic rings. The number of nitrogens with one attached hydrogen (secondary N) is 1. The minimum Gasteiger partial charge on any atom is -0.390 e. The van der Waals surface area contributed by atoms with E-state index in [9.17, 15) is 20.3 Å². The van der Waals surface area contributed by atoms with E-state index in [-0.39, 0.29) is 24.6 Å². The van der Waals surface area contributed by atoms with E-state index in [2.05, 4.69) is 44.8 Å². The fourth-order valence-corrected chi connectivity index (χ4v) is 5.71. The van der Waals surface area contributed by atoms with E-state index < -0.39 is 30.5 Å². The van der Waals surface area contributed by atoms with Gasteiger partial charge in [0.05, 0.1) is 25.4 Å². The molecule has 5 unspecified atom stereocenters. The average Bonchev–Trinajstić information content (AvgIpc) is 3.47.